The van der Waals surface area contributed by atoms with Crippen LogP contribution >= 0.6 is 0 Å². The molecule has 4 nitrogen and oxygen atoms in total. The molecule has 2 fully saturated rings. The number of likely N-dealkylation sites (tertiary alicyclic amines) is 1. The predicted molar refractivity (Wildman–Crippen MR) is 61.9 cm³/mol. The van der Waals surface area contributed by atoms with Gasteiger partial charge in [-0.15, -0.1) is 0 Å². The maximum Gasteiger partial charge on any atom is 0.244 e. The third-order valence-corrected chi connectivity index (χ3v) is 4.03. The largest absolute Gasteiger partial charge is 0.380 e. The quantitative estimate of drug-likeness (QED) is 0.711. The fraction of sp³-hybridized carbons (Fsp3) is 0.750. The molecule has 2 rings (SSSR count). The molecule has 1 spiro atoms. The van der Waals surface area contributed by atoms with Crippen molar-refractivity contribution in [1.82, 2.24) is 4.90 Å². The van der Waals surface area contributed by atoms with Gasteiger partial charge in [0.15, 0.2) is 0 Å². The summed E-state index contributed by atoms with van der Waals surface area (Å²) in [5, 5.41) is 0. The molecule has 2 heterocycles. The number of nitrogens with two attached hydrogens (primary N) is 1. The molecule has 0 aromatic heterocycles. The number of hydrogen-bond donors (Lipinski definition) is 1. The van der Waals surface area contributed by atoms with E-state index in [1.807, 2.05) is 6.92 Å². The van der Waals surface area contributed by atoms with E-state index in [1.54, 1.807) is 6.92 Å². The van der Waals surface area contributed by atoms with Gasteiger partial charge in [0.1, 0.15) is 0 Å². The predicted octanol–water partition coefficient (Wildman–Crippen LogP) is 0.529. The van der Waals surface area contributed by atoms with Gasteiger partial charge in [-0.05, 0) is 26.3 Å². The Labute approximate surface area is 96.4 Å². The molecule has 0 aromatic carbocycles. The first-order valence-electron chi connectivity index (χ1n) is 5.74. The van der Waals surface area contributed by atoms with Gasteiger partial charge in [0.25, 0.3) is 0 Å². The Balaban J connectivity index is 1.96. The number of carbonyl (C=O) groups excluding carboxylic acids is 1. The zero-order chi connectivity index (χ0) is 11.9. The van der Waals surface area contributed by atoms with Crippen LogP contribution in [0.2, 0.25) is 0 Å². The first-order chi connectivity index (χ1) is 7.45. The summed E-state index contributed by atoms with van der Waals surface area (Å²) < 4.78 is 5.24. The molecular formula is C12H20N2O2. The minimum atomic E-state index is -0.313. The summed E-state index contributed by atoms with van der Waals surface area (Å²) in [6.45, 7) is 9.88. The van der Waals surface area contributed by atoms with Gasteiger partial charge in [-0.25, -0.2) is 0 Å². The van der Waals surface area contributed by atoms with Crippen LogP contribution in [0.4, 0.5) is 0 Å². The number of carbonyl (C=O) groups is 1. The molecule has 2 saturated heterocycles. The van der Waals surface area contributed by atoms with Crippen molar-refractivity contribution in [3.63, 3.8) is 0 Å². The van der Waals surface area contributed by atoms with Crippen LogP contribution in [0.5, 0.6) is 0 Å². The van der Waals surface area contributed by atoms with Gasteiger partial charge in [-0.3, -0.25) is 9.69 Å². The summed E-state index contributed by atoms with van der Waals surface area (Å²) in [7, 11) is 0. The number of amides is 1. The first kappa shape index (κ1) is 11.6. The minimum absolute atomic E-state index is 0.304. The van der Waals surface area contributed by atoms with Crippen LogP contribution < -0.4 is 5.73 Å². The number of primary amides is 1. The molecule has 2 N–H and O–H groups in total. The number of hydrogen-bond acceptors (Lipinski definition) is 3. The van der Waals surface area contributed by atoms with Gasteiger partial charge in [-0.1, -0.05) is 0 Å². The van der Waals surface area contributed by atoms with E-state index >= 15 is 0 Å². The lowest BCUT2D eigenvalue weighted by Crippen LogP contribution is -2.67. The summed E-state index contributed by atoms with van der Waals surface area (Å²) in [5.41, 5.74) is 7.49. The van der Waals surface area contributed by atoms with E-state index < -0.39 is 0 Å². The second-order valence-electron chi connectivity index (χ2n) is 5.25. The molecule has 0 aliphatic carbocycles. The lowest BCUT2D eigenvalue weighted by molar-refractivity contribution is -0.194. The maximum absolute atomic E-state index is 11.1. The second kappa shape index (κ2) is 3.86. The molecule has 90 valence electrons. The van der Waals surface area contributed by atoms with Gasteiger partial charge in [0.2, 0.25) is 5.91 Å². The Morgan fingerprint density at radius 3 is 2.31 bits per heavy atom. The van der Waals surface area contributed by atoms with E-state index in [0.717, 1.165) is 31.9 Å². The third-order valence-electron chi connectivity index (χ3n) is 4.03. The monoisotopic (exact) mass is 224 g/mol. The standard InChI is InChI=1S/C12H20N2O2/c1-8(9(2)11(13)15)10(3)14-4-12(5-14)6-16-7-12/h10H,4-7H2,1-3H3,(H2,13,15). The highest BCUT2D eigenvalue weighted by Gasteiger charge is 2.50. The van der Waals surface area contributed by atoms with Gasteiger partial charge >= 0.3 is 0 Å². The van der Waals surface area contributed by atoms with Gasteiger partial charge < -0.3 is 10.5 Å². The zero-order valence-electron chi connectivity index (χ0n) is 10.2. The highest BCUT2D eigenvalue weighted by molar-refractivity contribution is 5.92. The number of nitrogens with zero attached hydrogens (tertiary/aromatic N) is 1. The molecule has 0 saturated carbocycles. The highest BCUT2D eigenvalue weighted by atomic mass is 16.5. The second-order valence-corrected chi connectivity index (χ2v) is 5.25. The zero-order valence-corrected chi connectivity index (χ0v) is 10.2. The SMILES string of the molecule is CC(C(N)=O)=C(C)C(C)N1CC2(COC2)C1. The van der Waals surface area contributed by atoms with Gasteiger partial charge in [0.05, 0.1) is 13.2 Å². The van der Waals surface area contributed by atoms with Crippen LogP contribution in [0.1, 0.15) is 20.8 Å². The molecule has 2 aliphatic heterocycles. The summed E-state index contributed by atoms with van der Waals surface area (Å²) in [6, 6.07) is 0.304. The number of rotatable bonds is 3. The van der Waals surface area contributed by atoms with Crippen molar-refractivity contribution in [3.05, 3.63) is 11.1 Å². The van der Waals surface area contributed by atoms with Crippen LogP contribution in [-0.4, -0.2) is 43.2 Å². The van der Waals surface area contributed by atoms with Crippen LogP contribution in [-0.2, 0) is 9.53 Å². The fourth-order valence-electron chi connectivity index (χ4n) is 2.44. The lowest BCUT2D eigenvalue weighted by atomic mass is 9.76. The average molecular weight is 224 g/mol. The molecule has 1 unspecified atom stereocenters. The van der Waals surface area contributed by atoms with Crippen LogP contribution in [0.15, 0.2) is 11.1 Å². The molecule has 4 heteroatoms. The molecule has 1 atom stereocenters. The van der Waals surface area contributed by atoms with Crippen LogP contribution in [0.3, 0.4) is 0 Å². The van der Waals surface area contributed by atoms with Crippen molar-refractivity contribution in [2.24, 2.45) is 11.1 Å². The maximum atomic E-state index is 11.1. The van der Waals surface area contributed by atoms with Gasteiger partial charge in [0, 0.05) is 30.1 Å². The molecular weight excluding hydrogens is 204 g/mol. The van der Waals surface area contributed by atoms with Crippen molar-refractivity contribution in [3.8, 4) is 0 Å². The van der Waals surface area contributed by atoms with Crippen molar-refractivity contribution in [2.75, 3.05) is 26.3 Å². The van der Waals surface area contributed by atoms with E-state index in [9.17, 15) is 4.79 Å². The minimum Gasteiger partial charge on any atom is -0.380 e. The Morgan fingerprint density at radius 2 is 1.94 bits per heavy atom. The normalized spacial score (nSPS) is 26.7. The molecule has 0 aromatic rings. The molecule has 0 radical (unpaired) electrons. The lowest BCUT2D eigenvalue weighted by Gasteiger charge is -2.57. The molecule has 2 aliphatic rings. The van der Waals surface area contributed by atoms with Crippen molar-refractivity contribution in [1.29, 1.82) is 0 Å². The van der Waals surface area contributed by atoms with Crippen LogP contribution in [0, 0.1) is 5.41 Å². The highest BCUT2D eigenvalue weighted by Crippen LogP contribution is 2.39. The Bertz CT molecular complexity index is 337. The third kappa shape index (κ3) is 1.76. The Kier molecular flexibility index (Phi) is 2.80. The summed E-state index contributed by atoms with van der Waals surface area (Å²) in [6.07, 6.45) is 0. The van der Waals surface area contributed by atoms with Gasteiger partial charge in [-0.2, -0.15) is 0 Å². The summed E-state index contributed by atoms with van der Waals surface area (Å²) in [5.74, 6) is -0.313. The first-order valence-corrected chi connectivity index (χ1v) is 5.74. The number of ether oxygens (including phenoxy) is 1. The van der Waals surface area contributed by atoms with Crippen molar-refractivity contribution < 1.29 is 9.53 Å². The molecule has 16 heavy (non-hydrogen) atoms. The summed E-state index contributed by atoms with van der Waals surface area (Å²) in [4.78, 5) is 13.5. The Morgan fingerprint density at radius 1 is 1.38 bits per heavy atom. The average Bonchev–Trinajstić information content (AvgIpc) is 2.10. The van der Waals surface area contributed by atoms with Crippen molar-refractivity contribution >= 4 is 5.91 Å². The van der Waals surface area contributed by atoms with E-state index in [2.05, 4.69) is 11.8 Å². The molecule has 0 bridgehead atoms. The van der Waals surface area contributed by atoms with Crippen molar-refractivity contribution in [2.45, 2.75) is 26.8 Å². The van der Waals surface area contributed by atoms with E-state index in [4.69, 9.17) is 10.5 Å². The Hall–Kier alpha value is -0.870. The summed E-state index contributed by atoms with van der Waals surface area (Å²) >= 11 is 0. The van der Waals surface area contributed by atoms with E-state index in [1.165, 1.54) is 0 Å². The van der Waals surface area contributed by atoms with Crippen LogP contribution in [0.25, 0.3) is 0 Å². The topological polar surface area (TPSA) is 55.6 Å². The smallest absolute Gasteiger partial charge is 0.244 e. The van der Waals surface area contributed by atoms with E-state index in [0.29, 0.717) is 17.0 Å². The fourth-order valence-corrected chi connectivity index (χ4v) is 2.44. The molecule has 1 amide bonds. The van der Waals surface area contributed by atoms with E-state index in [-0.39, 0.29) is 5.91 Å².